The monoisotopic (exact) mass is 924 g/mol. The summed E-state index contributed by atoms with van der Waals surface area (Å²) in [6.45, 7) is 4.74. The largest absolute Gasteiger partial charge is 0.310 e. The summed E-state index contributed by atoms with van der Waals surface area (Å²) in [6.07, 6.45) is 6.24. The van der Waals surface area contributed by atoms with E-state index in [1.54, 1.807) is 0 Å². The first-order valence-electron chi connectivity index (χ1n) is 26.1. The second-order valence-electron chi connectivity index (χ2n) is 21.0. The van der Waals surface area contributed by atoms with Crippen LogP contribution in [0, 0.1) is 0 Å². The van der Waals surface area contributed by atoms with Crippen LogP contribution < -0.4 is 9.80 Å². The first kappa shape index (κ1) is 42.7. The average molecular weight is 925 g/mol. The van der Waals surface area contributed by atoms with Gasteiger partial charge in [0.15, 0.2) is 0 Å². The van der Waals surface area contributed by atoms with Gasteiger partial charge in [0.05, 0.1) is 11.1 Å². The Labute approximate surface area is 424 Å². The molecule has 1 atom stereocenters. The highest BCUT2D eigenvalue weighted by Crippen LogP contribution is 2.66. The molecule has 1 unspecified atom stereocenters. The van der Waals surface area contributed by atoms with Gasteiger partial charge in [-0.2, -0.15) is 0 Å². The molecule has 2 nitrogen and oxygen atoms in total. The van der Waals surface area contributed by atoms with Gasteiger partial charge in [-0.25, -0.2) is 0 Å². The lowest BCUT2D eigenvalue weighted by molar-refractivity contribution is 0.444. The minimum absolute atomic E-state index is 0.0987. The number of hydrogen-bond acceptors (Lipinski definition) is 2. The van der Waals surface area contributed by atoms with Gasteiger partial charge in [0.25, 0.3) is 0 Å². The molecular formula is C70H56N2. The van der Waals surface area contributed by atoms with Gasteiger partial charge in [-0.15, -0.1) is 0 Å². The highest BCUT2D eigenvalue weighted by atomic mass is 15.2. The lowest BCUT2D eigenvalue weighted by Gasteiger charge is -2.36. The van der Waals surface area contributed by atoms with Crippen LogP contribution in [0.2, 0.25) is 0 Å². The molecule has 1 saturated carbocycles. The van der Waals surface area contributed by atoms with Crippen molar-refractivity contribution in [3.63, 3.8) is 0 Å². The van der Waals surface area contributed by atoms with Crippen LogP contribution in [0.25, 0.3) is 44.5 Å². The van der Waals surface area contributed by atoms with E-state index in [0.717, 1.165) is 17.1 Å². The third kappa shape index (κ3) is 6.34. The van der Waals surface area contributed by atoms with E-state index in [2.05, 4.69) is 260 Å². The Morgan fingerprint density at radius 1 is 0.319 bits per heavy atom. The molecule has 1 spiro atoms. The van der Waals surface area contributed by atoms with Gasteiger partial charge in [0.2, 0.25) is 0 Å². The van der Waals surface area contributed by atoms with Crippen LogP contribution >= 0.6 is 0 Å². The van der Waals surface area contributed by atoms with E-state index in [0.29, 0.717) is 5.92 Å². The molecule has 0 heterocycles. The lowest BCUT2D eigenvalue weighted by atomic mass is 9.69. The second kappa shape index (κ2) is 16.7. The first-order chi connectivity index (χ1) is 35.5. The van der Waals surface area contributed by atoms with E-state index in [4.69, 9.17) is 0 Å². The summed E-state index contributed by atoms with van der Waals surface area (Å²) in [5, 5.41) is 0. The molecule has 14 rings (SSSR count). The lowest BCUT2D eigenvalue weighted by Crippen LogP contribution is -2.27. The van der Waals surface area contributed by atoms with Gasteiger partial charge < -0.3 is 9.80 Å². The topological polar surface area (TPSA) is 6.48 Å². The number of hydrogen-bond donors (Lipinski definition) is 0. The van der Waals surface area contributed by atoms with Gasteiger partial charge >= 0.3 is 0 Å². The predicted octanol–water partition coefficient (Wildman–Crippen LogP) is 19.0. The van der Waals surface area contributed by atoms with Crippen molar-refractivity contribution in [2.45, 2.75) is 62.7 Å². The minimum Gasteiger partial charge on any atom is -0.310 e. The fourth-order valence-corrected chi connectivity index (χ4v) is 13.6. The van der Waals surface area contributed by atoms with Gasteiger partial charge in [-0.3, -0.25) is 0 Å². The van der Waals surface area contributed by atoms with E-state index in [1.807, 2.05) is 0 Å². The van der Waals surface area contributed by atoms with Gasteiger partial charge in [-0.05, 0) is 169 Å². The molecule has 0 N–H and O–H groups in total. The standard InChI is InChI=1S/C70H56N2/c1-69(2)61-37-21-18-34-53(61)58-42-52(40-41-62(58)69)72(51-32-16-7-17-33-51)68-46-66-60(44-57(68)48-26-10-4-11-27-48)55-36-20-23-39-64(55)70(66)63-38-22-19-35-54(63)59-43-56(47-24-8-3-9-25-47)67(45-65(59)70)71(49-28-12-5-13-29-49)50-30-14-6-15-31-50/h4-7,10-23,26-47H,3,8-9,24-25H2,1-2H3. The third-order valence-corrected chi connectivity index (χ3v) is 16.8. The van der Waals surface area contributed by atoms with Gasteiger partial charge in [0, 0.05) is 39.4 Å². The molecule has 10 aromatic carbocycles. The zero-order chi connectivity index (χ0) is 48.0. The minimum atomic E-state index is -0.607. The summed E-state index contributed by atoms with van der Waals surface area (Å²) in [6, 6.07) is 89.6. The predicted molar refractivity (Wildman–Crippen MR) is 301 cm³/mol. The summed E-state index contributed by atoms with van der Waals surface area (Å²) in [5.74, 6) is 0.463. The maximum absolute atomic E-state index is 2.65. The number of rotatable bonds is 8. The van der Waals surface area contributed by atoms with Crippen molar-refractivity contribution in [2.24, 2.45) is 0 Å². The quantitative estimate of drug-likeness (QED) is 0.150. The number of fused-ring (bicyclic) bond motifs is 13. The molecule has 1 fully saturated rings. The zero-order valence-electron chi connectivity index (χ0n) is 41.0. The molecule has 0 aliphatic heterocycles. The Balaban J connectivity index is 1.08. The van der Waals surface area contributed by atoms with Crippen molar-refractivity contribution >= 4 is 34.1 Å². The van der Waals surface area contributed by atoms with Gasteiger partial charge in [-0.1, -0.05) is 197 Å². The SMILES string of the molecule is CC1(C)c2ccccc2-c2cc(N(c3ccccc3)c3cc4c(cc3-c3ccccc3)-c3ccccc3C43c4ccccc4-c4cc(C5CCCCC5)c(N(c5ccccc5)c5ccccc5)cc43)ccc21. The fourth-order valence-electron chi connectivity index (χ4n) is 13.6. The van der Waals surface area contributed by atoms with Crippen LogP contribution in [-0.2, 0) is 10.8 Å². The average Bonchev–Trinajstić information content (AvgIpc) is 3.99. The smallest absolute Gasteiger partial charge is 0.0727 e. The Morgan fingerprint density at radius 2 is 0.750 bits per heavy atom. The molecule has 4 aliphatic carbocycles. The molecule has 0 amide bonds. The van der Waals surface area contributed by atoms with E-state index in [1.165, 1.54) is 133 Å². The molecule has 0 aromatic heterocycles. The zero-order valence-corrected chi connectivity index (χ0v) is 41.0. The highest BCUT2D eigenvalue weighted by Gasteiger charge is 2.53. The summed E-state index contributed by atoms with van der Waals surface area (Å²) in [5.41, 5.74) is 26.2. The molecule has 346 valence electrons. The Morgan fingerprint density at radius 3 is 1.32 bits per heavy atom. The maximum Gasteiger partial charge on any atom is 0.0727 e. The van der Waals surface area contributed by atoms with Crippen molar-refractivity contribution in [3.05, 3.63) is 276 Å². The van der Waals surface area contributed by atoms with Crippen molar-refractivity contribution in [2.75, 3.05) is 9.80 Å². The first-order valence-corrected chi connectivity index (χ1v) is 26.1. The van der Waals surface area contributed by atoms with Crippen LogP contribution in [0.3, 0.4) is 0 Å². The molecule has 4 aliphatic rings. The molecule has 2 heteroatoms. The van der Waals surface area contributed by atoms with Crippen molar-refractivity contribution in [1.29, 1.82) is 0 Å². The van der Waals surface area contributed by atoms with Crippen LogP contribution in [0.4, 0.5) is 34.1 Å². The van der Waals surface area contributed by atoms with E-state index in [9.17, 15) is 0 Å². The number of para-hydroxylation sites is 3. The Bertz CT molecular complexity index is 3660. The summed E-state index contributed by atoms with van der Waals surface area (Å²) < 4.78 is 0. The van der Waals surface area contributed by atoms with E-state index in [-0.39, 0.29) is 5.41 Å². The van der Waals surface area contributed by atoms with Crippen molar-refractivity contribution < 1.29 is 0 Å². The number of benzene rings is 10. The normalized spacial score (nSPS) is 16.6. The highest BCUT2D eigenvalue weighted by molar-refractivity contribution is 6.01. The number of anilines is 6. The van der Waals surface area contributed by atoms with Crippen LogP contribution in [-0.4, -0.2) is 0 Å². The third-order valence-electron chi connectivity index (χ3n) is 16.8. The Kier molecular flexibility index (Phi) is 9.90. The fraction of sp³-hybridized carbons (Fsp3) is 0.143. The second-order valence-corrected chi connectivity index (χ2v) is 21.0. The van der Waals surface area contributed by atoms with Crippen molar-refractivity contribution in [1.82, 2.24) is 0 Å². The molecule has 0 bridgehead atoms. The van der Waals surface area contributed by atoms with Crippen LogP contribution in [0.15, 0.2) is 237 Å². The summed E-state index contributed by atoms with van der Waals surface area (Å²) >= 11 is 0. The molecular weight excluding hydrogens is 869 g/mol. The summed E-state index contributed by atoms with van der Waals surface area (Å²) in [4.78, 5) is 5.09. The van der Waals surface area contributed by atoms with Gasteiger partial charge in [0.1, 0.15) is 0 Å². The van der Waals surface area contributed by atoms with Crippen molar-refractivity contribution in [3.8, 4) is 44.5 Å². The number of nitrogens with zero attached hydrogens (tertiary/aromatic N) is 2. The Hall–Kier alpha value is -8.20. The molecule has 72 heavy (non-hydrogen) atoms. The molecule has 0 radical (unpaired) electrons. The molecule has 10 aromatic rings. The molecule has 0 saturated heterocycles. The van der Waals surface area contributed by atoms with Crippen LogP contribution in [0.5, 0.6) is 0 Å². The summed E-state index contributed by atoms with van der Waals surface area (Å²) in [7, 11) is 0. The van der Waals surface area contributed by atoms with E-state index < -0.39 is 5.41 Å². The maximum atomic E-state index is 2.65. The van der Waals surface area contributed by atoms with E-state index >= 15 is 0 Å². The van der Waals surface area contributed by atoms with Crippen LogP contribution in [0.1, 0.15) is 90.8 Å².